The minimum Gasteiger partial charge on any atom is -0.480 e. The van der Waals surface area contributed by atoms with Crippen LogP contribution >= 0.6 is 0 Å². The fourth-order valence-corrected chi connectivity index (χ4v) is 3.82. The summed E-state index contributed by atoms with van der Waals surface area (Å²) in [6, 6.07) is 14.7. The summed E-state index contributed by atoms with van der Waals surface area (Å²) in [6.45, 7) is 5.19. The number of carboxylic acids is 1. The lowest BCUT2D eigenvalue weighted by Crippen LogP contribution is -2.48. The van der Waals surface area contributed by atoms with Crippen LogP contribution in [-0.2, 0) is 14.3 Å². The van der Waals surface area contributed by atoms with Crippen molar-refractivity contribution in [3.8, 4) is 11.1 Å². The average molecular weight is 424 g/mol. The first-order valence-corrected chi connectivity index (χ1v) is 10.5. The maximum Gasteiger partial charge on any atom is 0.407 e. The van der Waals surface area contributed by atoms with Crippen LogP contribution in [0, 0.1) is 5.92 Å². The topological polar surface area (TPSA) is 105 Å². The van der Waals surface area contributed by atoms with Crippen molar-refractivity contribution in [2.75, 3.05) is 6.61 Å². The Morgan fingerprint density at radius 2 is 1.52 bits per heavy atom. The van der Waals surface area contributed by atoms with Crippen LogP contribution in [0.1, 0.15) is 44.2 Å². The number of alkyl carbamates (subject to hydrolysis) is 1. The number of carbonyl (C=O) groups excluding carboxylic acids is 2. The Balaban J connectivity index is 1.58. The van der Waals surface area contributed by atoms with Crippen molar-refractivity contribution in [3.63, 3.8) is 0 Å². The third-order valence-electron chi connectivity index (χ3n) is 5.88. The number of hydrogen-bond acceptors (Lipinski definition) is 4. The van der Waals surface area contributed by atoms with Crippen molar-refractivity contribution < 1.29 is 24.2 Å². The van der Waals surface area contributed by atoms with Crippen LogP contribution in [0.2, 0.25) is 0 Å². The molecule has 0 saturated heterocycles. The van der Waals surface area contributed by atoms with Gasteiger partial charge in [-0.3, -0.25) is 4.79 Å². The van der Waals surface area contributed by atoms with Gasteiger partial charge in [-0.25, -0.2) is 9.59 Å². The van der Waals surface area contributed by atoms with Gasteiger partial charge in [0.2, 0.25) is 5.91 Å². The number of aliphatic carboxylic acids is 1. The first-order chi connectivity index (χ1) is 14.8. The number of benzene rings is 2. The summed E-state index contributed by atoms with van der Waals surface area (Å²) in [6.07, 6.45) is -0.332. The van der Waals surface area contributed by atoms with Crippen molar-refractivity contribution in [2.45, 2.75) is 45.2 Å². The molecule has 2 amide bonds. The highest BCUT2D eigenvalue weighted by atomic mass is 16.5. The zero-order chi connectivity index (χ0) is 22.5. The van der Waals surface area contributed by atoms with E-state index in [2.05, 4.69) is 22.8 Å². The molecule has 3 atom stereocenters. The molecule has 0 aliphatic heterocycles. The molecule has 7 heteroatoms. The second kappa shape index (κ2) is 9.64. The first-order valence-electron chi connectivity index (χ1n) is 10.5. The fourth-order valence-electron chi connectivity index (χ4n) is 3.82. The Morgan fingerprint density at radius 3 is 2.03 bits per heavy atom. The molecule has 0 fully saturated rings. The Bertz CT molecular complexity index is 928. The van der Waals surface area contributed by atoms with Gasteiger partial charge in [-0.15, -0.1) is 0 Å². The Hall–Kier alpha value is -3.35. The van der Waals surface area contributed by atoms with Crippen LogP contribution in [0.5, 0.6) is 0 Å². The molecule has 2 aromatic rings. The van der Waals surface area contributed by atoms with E-state index in [0.29, 0.717) is 0 Å². The molecule has 1 aliphatic rings. The van der Waals surface area contributed by atoms with Crippen LogP contribution in [-0.4, -0.2) is 41.8 Å². The predicted molar refractivity (Wildman–Crippen MR) is 117 cm³/mol. The number of amides is 2. The van der Waals surface area contributed by atoms with Gasteiger partial charge in [0.15, 0.2) is 0 Å². The summed E-state index contributed by atoms with van der Waals surface area (Å²) in [4.78, 5) is 35.8. The Morgan fingerprint density at radius 1 is 0.968 bits per heavy atom. The van der Waals surface area contributed by atoms with Crippen molar-refractivity contribution in [3.05, 3.63) is 59.7 Å². The van der Waals surface area contributed by atoms with Gasteiger partial charge in [-0.05, 0) is 35.6 Å². The van der Waals surface area contributed by atoms with E-state index in [9.17, 15) is 14.4 Å². The van der Waals surface area contributed by atoms with Crippen molar-refractivity contribution in [1.29, 1.82) is 0 Å². The minimum absolute atomic E-state index is 0.0462. The quantitative estimate of drug-likeness (QED) is 0.601. The average Bonchev–Trinajstić information content (AvgIpc) is 3.08. The minimum atomic E-state index is -1.08. The maximum atomic E-state index is 12.4. The fraction of sp³-hybridized carbons (Fsp3) is 0.375. The number of rotatable bonds is 8. The smallest absolute Gasteiger partial charge is 0.407 e. The molecule has 31 heavy (non-hydrogen) atoms. The molecule has 1 aliphatic carbocycles. The zero-order valence-corrected chi connectivity index (χ0v) is 17.9. The molecule has 7 nitrogen and oxygen atoms in total. The Labute approximate surface area is 181 Å². The highest BCUT2D eigenvalue weighted by molar-refractivity contribution is 5.85. The standard InChI is InChI=1S/C24H28N2O5/c1-4-21(23(28)29)26-22(27)14(2)15(3)25-24(30)31-13-20-18-11-7-5-9-16(18)17-10-6-8-12-19(17)20/h5-12,14-15,20-21H,4,13H2,1-3H3,(H,25,30)(H,26,27)(H,28,29)/t14?,15?,21-/m0/s1. The van der Waals surface area contributed by atoms with Crippen LogP contribution in [0.3, 0.4) is 0 Å². The lowest BCUT2D eigenvalue weighted by molar-refractivity contribution is -0.142. The van der Waals surface area contributed by atoms with Gasteiger partial charge in [0.25, 0.3) is 0 Å². The normalized spacial score (nSPS) is 15.2. The summed E-state index contributed by atoms with van der Waals surface area (Å²) in [7, 11) is 0. The summed E-state index contributed by atoms with van der Waals surface area (Å²) in [5, 5.41) is 14.3. The Kier molecular flexibility index (Phi) is 6.95. The maximum absolute atomic E-state index is 12.4. The number of nitrogens with one attached hydrogen (secondary N) is 2. The monoisotopic (exact) mass is 424 g/mol. The molecule has 2 aromatic carbocycles. The zero-order valence-electron chi connectivity index (χ0n) is 17.9. The molecule has 3 N–H and O–H groups in total. The molecular formula is C24H28N2O5. The molecule has 2 unspecified atom stereocenters. The van der Waals surface area contributed by atoms with E-state index in [0.717, 1.165) is 22.3 Å². The van der Waals surface area contributed by atoms with E-state index in [-0.39, 0.29) is 18.9 Å². The lowest BCUT2D eigenvalue weighted by Gasteiger charge is -2.23. The van der Waals surface area contributed by atoms with E-state index in [1.807, 2.05) is 36.4 Å². The SMILES string of the molecule is CC[C@H](NC(=O)C(C)C(C)NC(=O)OCC1c2ccccc2-c2ccccc21)C(=O)O. The molecule has 0 spiro atoms. The van der Waals surface area contributed by atoms with Crippen molar-refractivity contribution in [2.24, 2.45) is 5.92 Å². The van der Waals surface area contributed by atoms with E-state index in [4.69, 9.17) is 9.84 Å². The van der Waals surface area contributed by atoms with Crippen LogP contribution < -0.4 is 10.6 Å². The van der Waals surface area contributed by atoms with Gasteiger partial charge in [0.1, 0.15) is 12.6 Å². The van der Waals surface area contributed by atoms with Gasteiger partial charge in [0, 0.05) is 12.0 Å². The number of hydrogen-bond donors (Lipinski definition) is 3. The first kappa shape index (κ1) is 22.3. The van der Waals surface area contributed by atoms with Crippen molar-refractivity contribution >= 4 is 18.0 Å². The van der Waals surface area contributed by atoms with Gasteiger partial charge in [-0.1, -0.05) is 62.4 Å². The molecule has 0 radical (unpaired) electrons. The van der Waals surface area contributed by atoms with Crippen LogP contribution in [0.4, 0.5) is 4.79 Å². The second-order valence-electron chi connectivity index (χ2n) is 7.85. The third kappa shape index (κ3) is 4.87. The largest absolute Gasteiger partial charge is 0.480 e. The molecule has 0 heterocycles. The number of carboxylic acid groups (broad SMARTS) is 1. The van der Waals surface area contributed by atoms with E-state index in [1.54, 1.807) is 20.8 Å². The molecule has 0 bridgehead atoms. The van der Waals surface area contributed by atoms with Gasteiger partial charge >= 0.3 is 12.1 Å². The summed E-state index contributed by atoms with van der Waals surface area (Å²) in [5.41, 5.74) is 4.54. The van der Waals surface area contributed by atoms with E-state index < -0.39 is 36.0 Å². The van der Waals surface area contributed by atoms with E-state index >= 15 is 0 Å². The van der Waals surface area contributed by atoms with Crippen LogP contribution in [0.15, 0.2) is 48.5 Å². The summed E-state index contributed by atoms with van der Waals surface area (Å²) < 4.78 is 5.50. The number of ether oxygens (including phenoxy) is 1. The lowest BCUT2D eigenvalue weighted by atomic mass is 9.98. The summed E-state index contributed by atoms with van der Waals surface area (Å²) in [5.74, 6) is -2.18. The van der Waals surface area contributed by atoms with Crippen molar-refractivity contribution in [1.82, 2.24) is 10.6 Å². The molecule has 0 aromatic heterocycles. The molecular weight excluding hydrogens is 396 g/mol. The van der Waals surface area contributed by atoms with Gasteiger partial charge in [-0.2, -0.15) is 0 Å². The highest BCUT2D eigenvalue weighted by Crippen LogP contribution is 2.44. The molecule has 0 saturated carbocycles. The molecule has 3 rings (SSSR count). The second-order valence-corrected chi connectivity index (χ2v) is 7.85. The van der Waals surface area contributed by atoms with Crippen LogP contribution in [0.25, 0.3) is 11.1 Å². The van der Waals surface area contributed by atoms with E-state index in [1.165, 1.54) is 0 Å². The highest BCUT2D eigenvalue weighted by Gasteiger charge is 2.30. The predicted octanol–water partition coefficient (Wildman–Crippen LogP) is 3.53. The van der Waals surface area contributed by atoms with Gasteiger partial charge < -0.3 is 20.5 Å². The third-order valence-corrected chi connectivity index (χ3v) is 5.88. The summed E-state index contributed by atoms with van der Waals surface area (Å²) >= 11 is 0. The number of fused-ring (bicyclic) bond motifs is 3. The van der Waals surface area contributed by atoms with Gasteiger partial charge in [0.05, 0.1) is 5.92 Å². The number of carbonyl (C=O) groups is 3. The molecule has 164 valence electrons.